The number of aryl methyl sites for hydroxylation is 2. The smallest absolute Gasteiger partial charge is 0.256 e. The van der Waals surface area contributed by atoms with Gasteiger partial charge in [0, 0.05) is 38.3 Å². The zero-order valence-electron chi connectivity index (χ0n) is 18.0. The molecule has 0 aliphatic carbocycles. The van der Waals surface area contributed by atoms with Crippen molar-refractivity contribution >= 4 is 47.2 Å². The number of nitrogens with zero attached hydrogens (tertiary/aromatic N) is 4. The summed E-state index contributed by atoms with van der Waals surface area (Å²) in [5.41, 5.74) is 2.34. The Labute approximate surface area is 203 Å². The molecule has 10 heteroatoms. The first-order chi connectivity index (χ1) is 14.9. The minimum absolute atomic E-state index is 0. The van der Waals surface area contributed by atoms with Gasteiger partial charge < -0.3 is 14.8 Å². The minimum Gasteiger partial charge on any atom is -0.367 e. The monoisotopic (exact) mass is 491 g/mol. The lowest BCUT2D eigenvalue weighted by molar-refractivity contribution is -0.131. The van der Waals surface area contributed by atoms with E-state index in [1.54, 1.807) is 19.2 Å². The summed E-state index contributed by atoms with van der Waals surface area (Å²) in [4.78, 5) is 35.8. The predicted molar refractivity (Wildman–Crippen MR) is 130 cm³/mol. The van der Waals surface area contributed by atoms with Crippen molar-refractivity contribution in [3.05, 3.63) is 69.7 Å². The van der Waals surface area contributed by atoms with E-state index in [9.17, 15) is 14.0 Å². The Kier molecular flexibility index (Phi) is 8.80. The fourth-order valence-electron chi connectivity index (χ4n) is 3.94. The minimum atomic E-state index is -0.436. The second-order valence-electron chi connectivity index (χ2n) is 7.69. The van der Waals surface area contributed by atoms with Crippen LogP contribution < -0.4 is 10.5 Å². The van der Waals surface area contributed by atoms with Crippen LogP contribution in [0.1, 0.15) is 23.4 Å². The fraction of sp³-hybridized carbons (Fsp3) is 0.304. The predicted octanol–water partition coefficient (Wildman–Crippen LogP) is 3.37. The first-order valence-corrected chi connectivity index (χ1v) is 10.2. The SMILES string of the molecule is Cc1cc(F)cc2c(=O)[nH]c(CCC(=O)N3CCN(c4ccc(C#N)nc4)CC3)cc12.Cl.Cl. The van der Waals surface area contributed by atoms with Gasteiger partial charge in [-0.1, -0.05) is 0 Å². The Morgan fingerprint density at radius 2 is 1.88 bits per heavy atom. The van der Waals surface area contributed by atoms with Crippen LogP contribution in [0, 0.1) is 24.1 Å². The molecule has 1 amide bonds. The summed E-state index contributed by atoms with van der Waals surface area (Å²) in [6.45, 7) is 4.35. The molecule has 1 fully saturated rings. The van der Waals surface area contributed by atoms with Crippen molar-refractivity contribution < 1.29 is 9.18 Å². The molecule has 1 N–H and O–H groups in total. The highest BCUT2D eigenvalue weighted by molar-refractivity contribution is 5.86. The molecule has 0 radical (unpaired) electrons. The second kappa shape index (κ2) is 11.1. The van der Waals surface area contributed by atoms with E-state index in [2.05, 4.69) is 14.9 Å². The molecule has 0 saturated carbocycles. The van der Waals surface area contributed by atoms with Crippen molar-refractivity contribution in [2.75, 3.05) is 31.1 Å². The van der Waals surface area contributed by atoms with E-state index < -0.39 is 5.82 Å². The zero-order chi connectivity index (χ0) is 22.0. The number of pyridine rings is 2. The Bertz CT molecular complexity index is 1230. The van der Waals surface area contributed by atoms with E-state index >= 15 is 0 Å². The van der Waals surface area contributed by atoms with Crippen molar-refractivity contribution in [2.24, 2.45) is 0 Å². The number of hydrogen-bond donors (Lipinski definition) is 1. The molecular formula is C23H24Cl2FN5O2. The van der Waals surface area contributed by atoms with Crippen LogP contribution in [0.3, 0.4) is 0 Å². The van der Waals surface area contributed by atoms with Gasteiger partial charge >= 0.3 is 0 Å². The lowest BCUT2D eigenvalue weighted by Gasteiger charge is -2.36. The number of hydrogen-bond acceptors (Lipinski definition) is 5. The quantitative estimate of drug-likeness (QED) is 0.603. The molecular weight excluding hydrogens is 468 g/mol. The molecule has 4 rings (SSSR count). The molecule has 1 aromatic carbocycles. The number of amides is 1. The van der Waals surface area contributed by atoms with Crippen molar-refractivity contribution in [3.63, 3.8) is 0 Å². The molecule has 0 atom stereocenters. The van der Waals surface area contributed by atoms with Crippen LogP contribution in [0.25, 0.3) is 10.8 Å². The third-order valence-corrected chi connectivity index (χ3v) is 5.66. The number of halogens is 3. The van der Waals surface area contributed by atoms with Gasteiger partial charge in [-0.05, 0) is 54.6 Å². The number of benzene rings is 1. The Hall–Kier alpha value is -3.15. The number of fused-ring (bicyclic) bond motifs is 1. The van der Waals surface area contributed by atoms with Crippen molar-refractivity contribution in [1.82, 2.24) is 14.9 Å². The average molecular weight is 492 g/mol. The molecule has 1 aliphatic heterocycles. The highest BCUT2D eigenvalue weighted by Gasteiger charge is 2.21. The lowest BCUT2D eigenvalue weighted by atomic mass is 10.0. The van der Waals surface area contributed by atoms with Gasteiger partial charge in [-0.3, -0.25) is 9.59 Å². The summed E-state index contributed by atoms with van der Waals surface area (Å²) < 4.78 is 13.6. The van der Waals surface area contributed by atoms with Crippen LogP contribution in [-0.4, -0.2) is 47.0 Å². The number of nitrogens with one attached hydrogen (secondary N) is 1. The summed E-state index contributed by atoms with van der Waals surface area (Å²) in [5, 5.41) is 9.88. The molecule has 0 bridgehead atoms. The summed E-state index contributed by atoms with van der Waals surface area (Å²) in [7, 11) is 0. The number of nitriles is 1. The van der Waals surface area contributed by atoms with E-state index in [1.165, 1.54) is 12.1 Å². The number of rotatable bonds is 4. The van der Waals surface area contributed by atoms with Crippen LogP contribution in [0.15, 0.2) is 41.3 Å². The Morgan fingerprint density at radius 3 is 2.52 bits per heavy atom. The first kappa shape index (κ1) is 26.1. The summed E-state index contributed by atoms with van der Waals surface area (Å²) in [5.74, 6) is -0.399. The molecule has 3 heterocycles. The summed E-state index contributed by atoms with van der Waals surface area (Å²) in [6.07, 6.45) is 2.39. The van der Waals surface area contributed by atoms with Crippen molar-refractivity contribution in [2.45, 2.75) is 19.8 Å². The van der Waals surface area contributed by atoms with Crippen LogP contribution in [-0.2, 0) is 11.2 Å². The molecule has 1 aliphatic rings. The molecule has 33 heavy (non-hydrogen) atoms. The van der Waals surface area contributed by atoms with E-state index in [1.807, 2.05) is 23.1 Å². The number of anilines is 1. The number of H-pyrrole nitrogens is 1. The van der Waals surface area contributed by atoms with Crippen molar-refractivity contribution in [1.29, 1.82) is 5.26 Å². The van der Waals surface area contributed by atoms with Crippen LogP contribution in [0.5, 0.6) is 0 Å². The van der Waals surface area contributed by atoms with E-state index in [4.69, 9.17) is 5.26 Å². The molecule has 0 unspecified atom stereocenters. The van der Waals surface area contributed by atoms with Gasteiger partial charge in [0.1, 0.15) is 17.6 Å². The Morgan fingerprint density at radius 1 is 1.15 bits per heavy atom. The maximum Gasteiger partial charge on any atom is 0.256 e. The fourth-order valence-corrected chi connectivity index (χ4v) is 3.94. The topological polar surface area (TPSA) is 93.1 Å². The van der Waals surface area contributed by atoms with Crippen LogP contribution in [0.4, 0.5) is 10.1 Å². The highest BCUT2D eigenvalue weighted by Crippen LogP contribution is 2.19. The van der Waals surface area contributed by atoms with Gasteiger partial charge in [0.15, 0.2) is 0 Å². The van der Waals surface area contributed by atoms with Gasteiger partial charge in [-0.25, -0.2) is 9.37 Å². The second-order valence-corrected chi connectivity index (χ2v) is 7.69. The number of carbonyl (C=O) groups is 1. The maximum atomic E-state index is 13.6. The number of carbonyl (C=O) groups excluding carboxylic acids is 1. The Balaban J connectivity index is 0.00000193. The summed E-state index contributed by atoms with van der Waals surface area (Å²) in [6, 6.07) is 10.0. The highest BCUT2D eigenvalue weighted by atomic mass is 35.5. The largest absolute Gasteiger partial charge is 0.367 e. The van der Waals surface area contributed by atoms with Gasteiger partial charge in [0.05, 0.1) is 17.3 Å². The summed E-state index contributed by atoms with van der Waals surface area (Å²) >= 11 is 0. The molecule has 0 spiro atoms. The molecule has 1 saturated heterocycles. The van der Waals surface area contributed by atoms with E-state index in [0.29, 0.717) is 66.7 Å². The average Bonchev–Trinajstić information content (AvgIpc) is 2.78. The van der Waals surface area contributed by atoms with Crippen LogP contribution in [0.2, 0.25) is 0 Å². The zero-order valence-corrected chi connectivity index (χ0v) is 19.6. The van der Waals surface area contributed by atoms with Gasteiger partial charge in [-0.15, -0.1) is 24.8 Å². The van der Waals surface area contributed by atoms with Gasteiger partial charge in [0.2, 0.25) is 5.91 Å². The number of piperazine rings is 1. The van der Waals surface area contributed by atoms with Crippen LogP contribution >= 0.6 is 24.8 Å². The van der Waals surface area contributed by atoms with Crippen molar-refractivity contribution in [3.8, 4) is 6.07 Å². The standard InChI is InChI=1S/C23H22FN5O2.2ClH/c1-15-10-16(24)11-21-20(15)12-17(27-23(21)31)3-5-22(30)29-8-6-28(7-9-29)19-4-2-18(13-25)26-14-19;;/h2,4,10-12,14H,3,5-9H2,1H3,(H,27,31);2*1H. The molecule has 3 aromatic rings. The lowest BCUT2D eigenvalue weighted by Crippen LogP contribution is -2.48. The first-order valence-electron chi connectivity index (χ1n) is 10.2. The third kappa shape index (κ3) is 5.81. The number of aromatic nitrogens is 2. The molecule has 174 valence electrons. The van der Waals surface area contributed by atoms with E-state index in [-0.39, 0.29) is 36.3 Å². The molecule has 7 nitrogen and oxygen atoms in total. The molecule has 2 aromatic heterocycles. The van der Waals surface area contributed by atoms with E-state index in [0.717, 1.165) is 5.69 Å². The normalized spacial score (nSPS) is 13.1. The number of aromatic amines is 1. The third-order valence-electron chi connectivity index (χ3n) is 5.66. The van der Waals surface area contributed by atoms with Gasteiger partial charge in [0.25, 0.3) is 5.56 Å². The maximum absolute atomic E-state index is 13.6. The van der Waals surface area contributed by atoms with Gasteiger partial charge in [-0.2, -0.15) is 5.26 Å².